The zero-order valence-electron chi connectivity index (χ0n) is 22.8. The van der Waals surface area contributed by atoms with Gasteiger partial charge in [0.15, 0.2) is 11.4 Å². The maximum atomic E-state index is 14.0. The van der Waals surface area contributed by atoms with Crippen LogP contribution in [0.4, 0.5) is 5.69 Å². The number of phenols is 1. The highest BCUT2D eigenvalue weighted by atomic mass is 16.6. The van der Waals surface area contributed by atoms with Crippen molar-refractivity contribution in [2.45, 2.75) is 38.3 Å². The van der Waals surface area contributed by atoms with Gasteiger partial charge < -0.3 is 35.9 Å². The number of fused-ring (bicyclic) bond motifs is 3. The number of aliphatic hydroxyl groups is 3. The Morgan fingerprint density at radius 1 is 1.21 bits per heavy atom. The molecule has 3 aliphatic carbocycles. The first-order chi connectivity index (χ1) is 18.2. The Balaban J connectivity index is 1.98. The summed E-state index contributed by atoms with van der Waals surface area (Å²) in [5, 5.41) is 49.3. The van der Waals surface area contributed by atoms with E-state index in [0.29, 0.717) is 23.6 Å². The highest BCUT2D eigenvalue weighted by Gasteiger charge is 2.63. The Kier molecular flexibility index (Phi) is 6.98. The molecule has 0 saturated carbocycles. The fourth-order valence-electron chi connectivity index (χ4n) is 6.18. The second-order valence-corrected chi connectivity index (χ2v) is 10.6. The number of nitrogens with zero attached hydrogens (tertiary/aromatic N) is 3. The van der Waals surface area contributed by atoms with Gasteiger partial charge in [0.05, 0.1) is 17.3 Å². The van der Waals surface area contributed by atoms with Crippen LogP contribution in [0.2, 0.25) is 0 Å². The Labute approximate surface area is 225 Å². The number of Topliss-reactive ketones (excluding diaryl/α,β-unsaturated/α-hetero) is 2. The molecular formula is C27H34N4O8. The lowest BCUT2D eigenvalue weighted by Crippen LogP contribution is -2.63. The second-order valence-electron chi connectivity index (χ2n) is 10.6. The van der Waals surface area contributed by atoms with Crippen molar-refractivity contribution >= 4 is 28.9 Å². The molecule has 0 saturated heterocycles. The average Bonchev–Trinajstić information content (AvgIpc) is 2.84. The Morgan fingerprint density at radius 2 is 1.85 bits per heavy atom. The zero-order valence-corrected chi connectivity index (χ0v) is 22.8. The number of oxime groups is 1. The van der Waals surface area contributed by atoms with Crippen LogP contribution in [-0.4, -0.2) is 95.0 Å². The molecule has 3 aliphatic rings. The molecule has 0 aliphatic heterocycles. The van der Waals surface area contributed by atoms with Crippen molar-refractivity contribution in [3.8, 4) is 5.75 Å². The monoisotopic (exact) mass is 542 g/mol. The standard InChI is InChI=1S/C27H34N4O8/c1-7-39-29-11(2)13-10-16(30(3)4)14-8-12-9-15-20(31(5)6)23(34)19(26(28)37)25(36)27(15,38)24(35)17(12)22(33)18(14)21(13)32/h10,12,15,20,32,34-35,38H,7-9H2,1-6H3,(H2,28,37)/b29-11+/t12-,15-,20-,27-/m0/s1. The number of anilines is 1. The summed E-state index contributed by atoms with van der Waals surface area (Å²) in [5.74, 6) is -6.91. The smallest absolute Gasteiger partial charge is 0.255 e. The Morgan fingerprint density at radius 3 is 2.38 bits per heavy atom. The van der Waals surface area contributed by atoms with E-state index in [4.69, 9.17) is 10.6 Å². The minimum Gasteiger partial charge on any atom is -0.510 e. The largest absolute Gasteiger partial charge is 0.510 e. The number of carbonyl (C=O) groups is 3. The van der Waals surface area contributed by atoms with E-state index in [-0.39, 0.29) is 35.3 Å². The van der Waals surface area contributed by atoms with E-state index >= 15 is 0 Å². The molecule has 12 heteroatoms. The summed E-state index contributed by atoms with van der Waals surface area (Å²) in [7, 11) is 6.75. The molecule has 210 valence electrons. The molecule has 6 N–H and O–H groups in total. The third-order valence-corrected chi connectivity index (χ3v) is 7.90. The van der Waals surface area contributed by atoms with E-state index in [2.05, 4.69) is 5.16 Å². The number of hydrogen-bond donors (Lipinski definition) is 5. The zero-order chi connectivity index (χ0) is 29.1. The van der Waals surface area contributed by atoms with Gasteiger partial charge in [-0.1, -0.05) is 5.16 Å². The molecule has 4 rings (SSSR count). The summed E-state index contributed by atoms with van der Waals surface area (Å²) in [6.07, 6.45) is 0.212. The molecule has 0 spiro atoms. The van der Waals surface area contributed by atoms with Crippen molar-refractivity contribution in [3.05, 3.63) is 45.4 Å². The van der Waals surface area contributed by atoms with Crippen LogP contribution in [0.5, 0.6) is 5.75 Å². The van der Waals surface area contributed by atoms with Crippen LogP contribution in [0.1, 0.15) is 41.8 Å². The van der Waals surface area contributed by atoms with Gasteiger partial charge in [0.2, 0.25) is 5.78 Å². The van der Waals surface area contributed by atoms with E-state index in [1.807, 2.05) is 0 Å². The van der Waals surface area contributed by atoms with Crippen LogP contribution >= 0.6 is 0 Å². The Hall–Kier alpha value is -3.90. The van der Waals surface area contributed by atoms with E-state index in [1.165, 1.54) is 4.90 Å². The highest BCUT2D eigenvalue weighted by molar-refractivity contribution is 6.25. The van der Waals surface area contributed by atoms with Gasteiger partial charge in [0.25, 0.3) is 5.91 Å². The van der Waals surface area contributed by atoms with Crippen molar-refractivity contribution in [1.82, 2.24) is 4.90 Å². The molecule has 1 aromatic rings. The van der Waals surface area contributed by atoms with E-state index in [0.717, 1.165) is 0 Å². The normalized spacial score (nSPS) is 26.9. The van der Waals surface area contributed by atoms with Crippen LogP contribution in [0.15, 0.2) is 33.9 Å². The number of amides is 1. The maximum absolute atomic E-state index is 14.0. The summed E-state index contributed by atoms with van der Waals surface area (Å²) in [6.45, 7) is 3.66. The minimum absolute atomic E-state index is 0.0198. The van der Waals surface area contributed by atoms with Gasteiger partial charge in [-0.15, -0.1) is 0 Å². The summed E-state index contributed by atoms with van der Waals surface area (Å²) in [6, 6.07) is 0.657. The number of rotatable bonds is 6. The van der Waals surface area contributed by atoms with Crippen LogP contribution < -0.4 is 10.6 Å². The number of nitrogens with two attached hydrogens (primary N) is 1. The minimum atomic E-state index is -2.69. The molecule has 0 heterocycles. The second kappa shape index (κ2) is 9.69. The molecule has 1 aromatic carbocycles. The Bertz CT molecular complexity index is 1380. The number of allylic oxidation sites excluding steroid dienone is 1. The number of hydrogen-bond acceptors (Lipinski definition) is 11. The SMILES string of the molecule is CCO/N=C(\C)c1cc(N(C)C)c2c(c1O)C(=O)C1=C(O)[C@]3(O)C(=O)C(C(N)=O)=C(O)[C@@H](N(C)C)[C@@H]3C[C@@H]1C2. The maximum Gasteiger partial charge on any atom is 0.255 e. The first-order valence-electron chi connectivity index (χ1n) is 12.6. The average molecular weight is 543 g/mol. The van der Waals surface area contributed by atoms with E-state index < -0.39 is 58.0 Å². The number of ketones is 2. The van der Waals surface area contributed by atoms with Gasteiger partial charge in [-0.05, 0) is 58.3 Å². The van der Waals surface area contributed by atoms with Gasteiger partial charge in [-0.3, -0.25) is 19.3 Å². The quantitative estimate of drug-likeness (QED) is 0.197. The van der Waals surface area contributed by atoms with E-state index in [9.17, 15) is 34.8 Å². The van der Waals surface area contributed by atoms with Crippen LogP contribution in [-0.2, 0) is 20.8 Å². The third kappa shape index (κ3) is 3.97. The molecule has 4 atom stereocenters. The van der Waals surface area contributed by atoms with Crippen LogP contribution in [0.25, 0.3) is 0 Å². The van der Waals surface area contributed by atoms with Gasteiger partial charge in [-0.25, -0.2) is 0 Å². The number of aromatic hydroxyl groups is 1. The number of phenolic OH excluding ortho intramolecular Hbond substituents is 1. The fraction of sp³-hybridized carbons (Fsp3) is 0.481. The molecule has 0 bridgehead atoms. The number of likely N-dealkylation sites (N-methyl/N-ethyl adjacent to an activating group) is 1. The molecule has 0 radical (unpaired) electrons. The van der Waals surface area contributed by atoms with Crippen molar-refractivity contribution in [2.24, 2.45) is 22.7 Å². The predicted octanol–water partition coefficient (Wildman–Crippen LogP) is 0.947. The summed E-state index contributed by atoms with van der Waals surface area (Å²) < 4.78 is 0. The van der Waals surface area contributed by atoms with Crippen LogP contribution in [0.3, 0.4) is 0 Å². The predicted molar refractivity (Wildman–Crippen MR) is 142 cm³/mol. The molecule has 1 amide bonds. The van der Waals surface area contributed by atoms with Gasteiger partial charge >= 0.3 is 0 Å². The summed E-state index contributed by atoms with van der Waals surface area (Å²) >= 11 is 0. The third-order valence-electron chi connectivity index (χ3n) is 7.90. The van der Waals surface area contributed by atoms with Gasteiger partial charge in [0, 0.05) is 36.8 Å². The molecular weight excluding hydrogens is 508 g/mol. The lowest BCUT2D eigenvalue weighted by molar-refractivity contribution is -0.148. The fourth-order valence-corrected chi connectivity index (χ4v) is 6.18. The van der Waals surface area contributed by atoms with Gasteiger partial charge in [0.1, 0.15) is 29.4 Å². The first kappa shape index (κ1) is 28.1. The van der Waals surface area contributed by atoms with E-state index in [1.54, 1.807) is 53.0 Å². The molecule has 0 aromatic heterocycles. The number of aliphatic hydroxyl groups excluding tert-OH is 2. The van der Waals surface area contributed by atoms with Gasteiger partial charge in [-0.2, -0.15) is 0 Å². The lowest BCUT2D eigenvalue weighted by atomic mass is 9.58. The summed E-state index contributed by atoms with van der Waals surface area (Å²) in [4.78, 5) is 48.0. The highest BCUT2D eigenvalue weighted by Crippen LogP contribution is 2.53. The number of benzene rings is 1. The molecule has 0 fully saturated rings. The van der Waals surface area contributed by atoms with Crippen LogP contribution in [0, 0.1) is 11.8 Å². The lowest BCUT2D eigenvalue weighted by Gasteiger charge is -2.50. The van der Waals surface area contributed by atoms with Crippen molar-refractivity contribution in [2.75, 3.05) is 39.7 Å². The van der Waals surface area contributed by atoms with Crippen molar-refractivity contribution < 1.29 is 39.6 Å². The topological polar surface area (TPSA) is 186 Å². The summed E-state index contributed by atoms with van der Waals surface area (Å²) in [5.41, 5.74) is 3.28. The number of primary amides is 1. The molecule has 12 nitrogen and oxygen atoms in total. The number of carbonyl (C=O) groups excluding carboxylic acids is 3. The van der Waals surface area contributed by atoms with Crippen molar-refractivity contribution in [1.29, 1.82) is 0 Å². The molecule has 0 unspecified atom stereocenters. The molecule has 39 heavy (non-hydrogen) atoms. The first-order valence-corrected chi connectivity index (χ1v) is 12.6. The van der Waals surface area contributed by atoms with Crippen molar-refractivity contribution in [3.63, 3.8) is 0 Å².